The van der Waals surface area contributed by atoms with Gasteiger partial charge in [-0.15, -0.1) is 0 Å². The first-order valence-corrected chi connectivity index (χ1v) is 12.4. The number of hydrogen-bond donors (Lipinski definition) is 1. The highest BCUT2D eigenvalue weighted by Gasteiger charge is 2.30. The molecule has 36 heavy (non-hydrogen) atoms. The molecule has 0 spiro atoms. The predicted molar refractivity (Wildman–Crippen MR) is 130 cm³/mol. The molecule has 8 nitrogen and oxygen atoms in total. The van der Waals surface area contributed by atoms with Crippen molar-refractivity contribution in [1.82, 2.24) is 19.8 Å². The minimum atomic E-state index is -0.462. The molecule has 2 aromatic heterocycles. The third-order valence-electron chi connectivity index (χ3n) is 7.01. The maximum Gasteiger partial charge on any atom is 0.409 e. The fraction of sp³-hybridized carbons (Fsp3) is 0.423. The van der Waals surface area contributed by atoms with Gasteiger partial charge < -0.3 is 19.9 Å². The zero-order valence-corrected chi connectivity index (χ0v) is 20.1. The molecule has 1 aromatic carbocycles. The lowest BCUT2D eigenvalue weighted by molar-refractivity contribution is 0.0861. The van der Waals surface area contributed by atoms with Crippen LogP contribution in [0.3, 0.4) is 0 Å². The summed E-state index contributed by atoms with van der Waals surface area (Å²) in [5.74, 6) is -1.12. The molecule has 2 fully saturated rings. The molecule has 5 rings (SSSR count). The Balaban J connectivity index is 1.32. The summed E-state index contributed by atoms with van der Waals surface area (Å²) in [4.78, 5) is 28.8. The average molecular weight is 498 g/mol. The quantitative estimate of drug-likeness (QED) is 0.569. The highest BCUT2D eigenvalue weighted by Crippen LogP contribution is 2.38. The molecule has 190 valence electrons. The summed E-state index contributed by atoms with van der Waals surface area (Å²) in [5, 5.41) is 7.38. The van der Waals surface area contributed by atoms with Crippen LogP contribution in [0, 0.1) is 11.6 Å². The number of nitrogens with zero attached hydrogens (tertiary/aromatic N) is 4. The van der Waals surface area contributed by atoms with E-state index in [2.05, 4.69) is 15.3 Å². The number of likely N-dealkylation sites (tertiary alicyclic amines) is 1. The van der Waals surface area contributed by atoms with E-state index in [1.165, 1.54) is 18.3 Å². The van der Waals surface area contributed by atoms with E-state index < -0.39 is 11.6 Å². The normalized spacial score (nSPS) is 18.6. The van der Waals surface area contributed by atoms with Gasteiger partial charge in [0.2, 0.25) is 0 Å². The van der Waals surface area contributed by atoms with Crippen molar-refractivity contribution in [3.05, 3.63) is 65.5 Å². The van der Waals surface area contributed by atoms with Crippen molar-refractivity contribution >= 4 is 23.2 Å². The third-order valence-corrected chi connectivity index (χ3v) is 7.01. The van der Waals surface area contributed by atoms with Crippen LogP contribution in [0.15, 0.2) is 42.7 Å². The first-order valence-electron chi connectivity index (χ1n) is 12.4. The summed E-state index contributed by atoms with van der Waals surface area (Å²) in [7, 11) is 0. The Labute approximate surface area is 207 Å². The number of rotatable bonds is 5. The molecule has 1 N–H and O–H groups in total. The second-order valence-corrected chi connectivity index (χ2v) is 9.22. The first-order chi connectivity index (χ1) is 17.4. The Morgan fingerprint density at radius 3 is 2.69 bits per heavy atom. The van der Waals surface area contributed by atoms with Crippen molar-refractivity contribution < 1.29 is 23.1 Å². The summed E-state index contributed by atoms with van der Waals surface area (Å²) in [6.45, 7) is 3.86. The van der Waals surface area contributed by atoms with Crippen LogP contribution in [0.25, 0.3) is 5.52 Å². The maximum atomic E-state index is 14.5. The van der Waals surface area contributed by atoms with E-state index in [1.807, 2.05) is 12.1 Å². The van der Waals surface area contributed by atoms with Gasteiger partial charge in [-0.3, -0.25) is 4.79 Å². The molecule has 1 atom stereocenters. The number of benzene rings is 1. The third kappa shape index (κ3) is 4.72. The number of carbonyl (C=O) groups excluding carboxylic acids is 2. The van der Waals surface area contributed by atoms with Crippen LogP contribution in [-0.2, 0) is 4.74 Å². The molecule has 2 saturated heterocycles. The smallest absolute Gasteiger partial charge is 0.409 e. The van der Waals surface area contributed by atoms with Gasteiger partial charge in [0.25, 0.3) is 5.91 Å². The van der Waals surface area contributed by atoms with Crippen molar-refractivity contribution in [2.24, 2.45) is 0 Å². The fourth-order valence-corrected chi connectivity index (χ4v) is 5.18. The van der Waals surface area contributed by atoms with E-state index in [-0.39, 0.29) is 24.1 Å². The van der Waals surface area contributed by atoms with Crippen molar-refractivity contribution in [3.8, 4) is 0 Å². The number of nitrogens with one attached hydrogen (secondary N) is 1. The first kappa shape index (κ1) is 24.0. The second-order valence-electron chi connectivity index (χ2n) is 9.22. The monoisotopic (exact) mass is 497 g/mol. The zero-order valence-electron chi connectivity index (χ0n) is 20.1. The van der Waals surface area contributed by atoms with E-state index in [0.717, 1.165) is 18.2 Å². The number of piperidine rings is 1. The summed E-state index contributed by atoms with van der Waals surface area (Å²) in [5.41, 5.74) is 2.25. The van der Waals surface area contributed by atoms with E-state index in [0.29, 0.717) is 62.1 Å². The molecule has 0 radical (unpaired) electrons. The summed E-state index contributed by atoms with van der Waals surface area (Å²) in [6.07, 6.45) is 5.83. The van der Waals surface area contributed by atoms with Gasteiger partial charge in [0.1, 0.15) is 11.6 Å². The molecule has 2 aliphatic heterocycles. The number of amides is 2. The minimum Gasteiger partial charge on any atom is -0.450 e. The van der Waals surface area contributed by atoms with Crippen LogP contribution in [0.4, 0.5) is 19.3 Å². The van der Waals surface area contributed by atoms with Crippen LogP contribution < -0.4 is 10.2 Å². The van der Waals surface area contributed by atoms with Gasteiger partial charge in [0, 0.05) is 43.1 Å². The van der Waals surface area contributed by atoms with Crippen molar-refractivity contribution in [1.29, 1.82) is 0 Å². The largest absolute Gasteiger partial charge is 0.450 e. The number of halogens is 2. The molecule has 2 amide bonds. The summed E-state index contributed by atoms with van der Waals surface area (Å²) in [6, 6.07) is 6.97. The van der Waals surface area contributed by atoms with Gasteiger partial charge in [-0.2, -0.15) is 5.10 Å². The van der Waals surface area contributed by atoms with Gasteiger partial charge in [0.15, 0.2) is 0 Å². The number of aromatic nitrogens is 2. The molecule has 2 aliphatic rings. The Kier molecular flexibility index (Phi) is 6.75. The Morgan fingerprint density at radius 1 is 1.11 bits per heavy atom. The standard InChI is InChI=1S/C26H29F2N5O3/c1-2-36-26(35)31-11-7-18(8-12-31)30-25(34)21-16-29-33-13-9-19(15-24(21)33)32-10-3-4-23(32)20-14-17(27)5-6-22(20)28/h5-6,9,13-16,18,23H,2-4,7-8,10-12H2,1H3,(H,30,34). The molecule has 0 bridgehead atoms. The zero-order chi connectivity index (χ0) is 25.2. The summed E-state index contributed by atoms with van der Waals surface area (Å²) < 4.78 is 35.1. The fourth-order valence-electron chi connectivity index (χ4n) is 5.18. The van der Waals surface area contributed by atoms with E-state index >= 15 is 0 Å². The summed E-state index contributed by atoms with van der Waals surface area (Å²) >= 11 is 0. The highest BCUT2D eigenvalue weighted by molar-refractivity contribution is 6.01. The van der Waals surface area contributed by atoms with Gasteiger partial charge in [-0.25, -0.2) is 18.1 Å². The number of hydrogen-bond acceptors (Lipinski definition) is 5. The topological polar surface area (TPSA) is 79.2 Å². The van der Waals surface area contributed by atoms with E-state index in [9.17, 15) is 18.4 Å². The molecule has 1 unspecified atom stereocenters. The SMILES string of the molecule is CCOC(=O)N1CCC(NC(=O)c2cnn3ccc(N4CCCC4c4cc(F)ccc4F)cc23)CC1. The lowest BCUT2D eigenvalue weighted by Gasteiger charge is -2.31. The van der Waals surface area contributed by atoms with Gasteiger partial charge in [0.05, 0.1) is 29.9 Å². The molecule has 3 aromatic rings. The van der Waals surface area contributed by atoms with Crippen LogP contribution in [0.1, 0.15) is 54.6 Å². The Bertz CT molecular complexity index is 1270. The Hall–Kier alpha value is -3.69. The lowest BCUT2D eigenvalue weighted by Crippen LogP contribution is -2.46. The van der Waals surface area contributed by atoms with Crippen LogP contribution in [-0.4, -0.2) is 58.8 Å². The molecule has 4 heterocycles. The number of pyridine rings is 1. The molecule has 10 heteroatoms. The van der Waals surface area contributed by atoms with Gasteiger partial charge in [-0.1, -0.05) is 0 Å². The highest BCUT2D eigenvalue weighted by atomic mass is 19.1. The number of ether oxygens (including phenoxy) is 1. The van der Waals surface area contributed by atoms with Gasteiger partial charge >= 0.3 is 6.09 Å². The maximum absolute atomic E-state index is 14.5. The van der Waals surface area contributed by atoms with Crippen molar-refractivity contribution in [2.45, 2.75) is 44.7 Å². The van der Waals surface area contributed by atoms with Crippen molar-refractivity contribution in [2.75, 3.05) is 31.1 Å². The number of fused-ring (bicyclic) bond motifs is 1. The molecule has 0 saturated carbocycles. The second kappa shape index (κ2) is 10.1. The van der Waals surface area contributed by atoms with Gasteiger partial charge in [-0.05, 0) is 62.9 Å². The van der Waals surface area contributed by atoms with Crippen LogP contribution in [0.5, 0.6) is 0 Å². The predicted octanol–water partition coefficient (Wildman–Crippen LogP) is 4.30. The Morgan fingerprint density at radius 2 is 1.92 bits per heavy atom. The molecule has 0 aliphatic carbocycles. The number of anilines is 1. The number of carbonyl (C=O) groups is 2. The average Bonchev–Trinajstić information content (AvgIpc) is 3.53. The molecular weight excluding hydrogens is 468 g/mol. The molecular formula is C26H29F2N5O3. The minimum absolute atomic E-state index is 0.0553. The van der Waals surface area contributed by atoms with E-state index in [4.69, 9.17) is 4.74 Å². The van der Waals surface area contributed by atoms with Crippen LogP contribution >= 0.6 is 0 Å². The van der Waals surface area contributed by atoms with Crippen LogP contribution in [0.2, 0.25) is 0 Å². The van der Waals surface area contributed by atoms with E-state index in [1.54, 1.807) is 22.5 Å². The lowest BCUT2D eigenvalue weighted by atomic mass is 10.0. The van der Waals surface area contributed by atoms with Crippen molar-refractivity contribution in [3.63, 3.8) is 0 Å².